The molecular weight excluding hydrogens is 320 g/mol. The molecule has 2 aromatic rings. The molecule has 0 spiro atoms. The Labute approximate surface area is 133 Å². The summed E-state index contributed by atoms with van der Waals surface area (Å²) in [6.45, 7) is 4.68. The molecule has 2 aromatic heterocycles. The van der Waals surface area contributed by atoms with Crippen LogP contribution >= 0.6 is 11.3 Å². The van der Waals surface area contributed by atoms with Gasteiger partial charge < -0.3 is 4.90 Å². The second kappa shape index (κ2) is 4.87. The normalized spacial score (nSPS) is 25.7. The third-order valence-corrected chi connectivity index (χ3v) is 7.59. The van der Waals surface area contributed by atoms with Gasteiger partial charge >= 0.3 is 0 Å². The topological polar surface area (TPSA) is 66.4 Å². The van der Waals surface area contributed by atoms with Crippen molar-refractivity contribution in [3.63, 3.8) is 0 Å². The van der Waals surface area contributed by atoms with Gasteiger partial charge in [0.1, 0.15) is 6.20 Å². The first-order valence-electron chi connectivity index (χ1n) is 7.37. The fraction of sp³-hybridized carbons (Fsp3) is 0.571. The minimum absolute atomic E-state index is 0.0409. The quantitative estimate of drug-likeness (QED) is 0.849. The number of anilines is 1. The van der Waals surface area contributed by atoms with E-state index in [1.807, 2.05) is 11.4 Å². The smallest absolute Gasteiger partial charge is 0.226 e. The highest BCUT2D eigenvalue weighted by atomic mass is 32.2. The first-order valence-corrected chi connectivity index (χ1v) is 9.75. The van der Waals surface area contributed by atoms with E-state index in [-0.39, 0.29) is 17.3 Å². The SMILES string of the molecule is CC(C)S(=O)(=O)N1C[C@@H]2C[C@H]1CN2c1n[c]c2sccc2n1. The van der Waals surface area contributed by atoms with Crippen LogP contribution in [0.15, 0.2) is 11.4 Å². The van der Waals surface area contributed by atoms with Crippen LogP contribution in [0.3, 0.4) is 0 Å². The van der Waals surface area contributed by atoms with E-state index >= 15 is 0 Å². The third kappa shape index (κ3) is 2.04. The summed E-state index contributed by atoms with van der Waals surface area (Å²) in [4.78, 5) is 11.0. The van der Waals surface area contributed by atoms with Crippen LogP contribution in [0.5, 0.6) is 0 Å². The van der Waals surface area contributed by atoms with Crippen molar-refractivity contribution in [3.05, 3.63) is 17.6 Å². The molecule has 117 valence electrons. The molecule has 2 aliphatic rings. The summed E-state index contributed by atoms with van der Waals surface area (Å²) in [7, 11) is -3.18. The second-order valence-corrected chi connectivity index (χ2v) is 9.49. The van der Waals surface area contributed by atoms with Gasteiger partial charge in [0.05, 0.1) is 15.5 Å². The molecule has 0 amide bonds. The highest BCUT2D eigenvalue weighted by molar-refractivity contribution is 7.89. The molecule has 4 heterocycles. The van der Waals surface area contributed by atoms with E-state index in [0.29, 0.717) is 19.0 Å². The lowest BCUT2D eigenvalue weighted by atomic mass is 10.2. The molecule has 6 nitrogen and oxygen atoms in total. The van der Waals surface area contributed by atoms with E-state index in [4.69, 9.17) is 0 Å². The van der Waals surface area contributed by atoms with E-state index in [1.54, 1.807) is 29.5 Å². The molecule has 2 atom stereocenters. The predicted octanol–water partition coefficient (Wildman–Crippen LogP) is 1.49. The van der Waals surface area contributed by atoms with Gasteiger partial charge in [-0.1, -0.05) is 0 Å². The van der Waals surface area contributed by atoms with Crippen molar-refractivity contribution in [3.8, 4) is 0 Å². The van der Waals surface area contributed by atoms with Crippen LogP contribution in [0.1, 0.15) is 20.3 Å². The van der Waals surface area contributed by atoms with Crippen LogP contribution in [0, 0.1) is 6.20 Å². The van der Waals surface area contributed by atoms with Crippen LogP contribution in [0.4, 0.5) is 5.95 Å². The van der Waals surface area contributed by atoms with Crippen LogP contribution in [-0.2, 0) is 10.0 Å². The zero-order chi connectivity index (χ0) is 15.5. The molecule has 22 heavy (non-hydrogen) atoms. The van der Waals surface area contributed by atoms with Gasteiger partial charge in [-0.25, -0.2) is 18.4 Å². The fourth-order valence-corrected chi connectivity index (χ4v) is 5.45. The molecule has 0 saturated carbocycles. The van der Waals surface area contributed by atoms with Crippen molar-refractivity contribution in [2.24, 2.45) is 0 Å². The van der Waals surface area contributed by atoms with E-state index in [0.717, 1.165) is 16.6 Å². The zero-order valence-electron chi connectivity index (χ0n) is 12.4. The summed E-state index contributed by atoms with van der Waals surface area (Å²) in [5.41, 5.74) is 0.907. The molecular formula is C14H17N4O2S2. The Balaban J connectivity index is 1.59. The summed E-state index contributed by atoms with van der Waals surface area (Å²) in [5, 5.41) is 1.61. The lowest BCUT2D eigenvalue weighted by molar-refractivity contribution is 0.363. The number of nitrogens with zero attached hydrogens (tertiary/aromatic N) is 4. The molecule has 0 N–H and O–H groups in total. The average Bonchev–Trinajstić information content (AvgIpc) is 3.20. The summed E-state index contributed by atoms with van der Waals surface area (Å²) < 4.78 is 27.4. The zero-order valence-corrected chi connectivity index (χ0v) is 14.1. The van der Waals surface area contributed by atoms with Gasteiger partial charge in [0.25, 0.3) is 0 Å². The standard InChI is InChI=1S/C14H17N4O2S2/c1-9(2)22(19,20)18-8-10-5-11(18)7-17(10)14-15-6-13-12(16-14)3-4-21-13/h3-4,9-11H,5,7-8H2,1-2H3/t10-,11-/m0/s1. The summed E-state index contributed by atoms with van der Waals surface area (Å²) in [6, 6.07) is 2.17. The maximum atomic E-state index is 12.4. The Bertz CT molecular complexity index is 817. The number of hydrogen-bond acceptors (Lipinski definition) is 6. The maximum Gasteiger partial charge on any atom is 0.226 e. The number of sulfonamides is 1. The van der Waals surface area contributed by atoms with E-state index in [9.17, 15) is 8.42 Å². The molecule has 4 rings (SSSR count). The molecule has 2 aliphatic heterocycles. The highest BCUT2D eigenvalue weighted by Gasteiger charge is 2.49. The van der Waals surface area contributed by atoms with Gasteiger partial charge in [-0.05, 0) is 31.7 Å². The van der Waals surface area contributed by atoms with Crippen molar-refractivity contribution in [2.75, 3.05) is 18.0 Å². The first kappa shape index (κ1) is 14.3. The minimum Gasteiger partial charge on any atom is -0.335 e. The number of aromatic nitrogens is 2. The molecule has 2 bridgehead atoms. The van der Waals surface area contributed by atoms with Gasteiger partial charge in [-0.15, -0.1) is 11.3 Å². The van der Waals surface area contributed by atoms with Crippen LogP contribution in [-0.4, -0.2) is 53.1 Å². The van der Waals surface area contributed by atoms with Gasteiger partial charge in [0, 0.05) is 25.2 Å². The largest absolute Gasteiger partial charge is 0.335 e. The molecule has 1 radical (unpaired) electrons. The van der Waals surface area contributed by atoms with Gasteiger partial charge in [0.15, 0.2) is 0 Å². The predicted molar refractivity (Wildman–Crippen MR) is 86.6 cm³/mol. The van der Waals surface area contributed by atoms with E-state index < -0.39 is 10.0 Å². The maximum absolute atomic E-state index is 12.4. The Morgan fingerprint density at radius 3 is 2.86 bits per heavy atom. The molecule has 0 unspecified atom stereocenters. The second-order valence-electron chi connectivity index (χ2n) is 6.13. The number of thiophene rings is 1. The fourth-order valence-electron chi connectivity index (χ4n) is 3.29. The third-order valence-electron chi connectivity index (χ3n) is 4.49. The molecule has 0 aromatic carbocycles. The number of piperazine rings is 1. The van der Waals surface area contributed by atoms with Crippen molar-refractivity contribution in [2.45, 2.75) is 37.6 Å². The van der Waals surface area contributed by atoms with Gasteiger partial charge in [0.2, 0.25) is 16.0 Å². The van der Waals surface area contributed by atoms with Crippen molar-refractivity contribution >= 4 is 37.5 Å². The number of hydrogen-bond donors (Lipinski definition) is 0. The summed E-state index contributed by atoms with van der Waals surface area (Å²) in [6.07, 6.45) is 3.89. The lowest BCUT2D eigenvalue weighted by Crippen LogP contribution is -2.50. The Hall–Kier alpha value is -1.25. The van der Waals surface area contributed by atoms with Gasteiger partial charge in [-0.3, -0.25) is 0 Å². The monoisotopic (exact) mass is 337 g/mol. The first-order chi connectivity index (χ1) is 10.5. The van der Waals surface area contributed by atoms with Crippen LogP contribution in [0.2, 0.25) is 0 Å². The van der Waals surface area contributed by atoms with Crippen molar-refractivity contribution in [1.82, 2.24) is 14.3 Å². The van der Waals surface area contributed by atoms with E-state index in [2.05, 4.69) is 21.1 Å². The molecule has 2 fully saturated rings. The lowest BCUT2D eigenvalue weighted by Gasteiger charge is -2.34. The van der Waals surface area contributed by atoms with Crippen molar-refractivity contribution < 1.29 is 8.42 Å². The summed E-state index contributed by atoms with van der Waals surface area (Å²) in [5.74, 6) is 0.667. The Kier molecular flexibility index (Phi) is 3.18. The minimum atomic E-state index is -3.18. The molecule has 2 saturated heterocycles. The van der Waals surface area contributed by atoms with Gasteiger partial charge in [-0.2, -0.15) is 4.31 Å². The number of fused-ring (bicyclic) bond motifs is 3. The van der Waals surface area contributed by atoms with Crippen LogP contribution < -0.4 is 4.90 Å². The molecule has 0 aliphatic carbocycles. The summed E-state index contributed by atoms with van der Waals surface area (Å²) >= 11 is 1.57. The Morgan fingerprint density at radius 2 is 2.18 bits per heavy atom. The average molecular weight is 337 g/mol. The van der Waals surface area contributed by atoms with E-state index in [1.165, 1.54) is 0 Å². The number of rotatable bonds is 3. The molecule has 8 heteroatoms. The van der Waals surface area contributed by atoms with Crippen molar-refractivity contribution in [1.29, 1.82) is 0 Å². The highest BCUT2D eigenvalue weighted by Crippen LogP contribution is 2.36. The Morgan fingerprint density at radius 1 is 1.36 bits per heavy atom. The van der Waals surface area contributed by atoms with Crippen LogP contribution in [0.25, 0.3) is 10.2 Å².